The fraction of sp³-hybridized carbons (Fsp3) is 0.500. The molecule has 2 aliphatic heterocycles. The molecule has 2 aromatic rings. The Bertz CT molecular complexity index is 965. The number of anilines is 2. The molecule has 2 aromatic carbocycles. The molecule has 0 saturated carbocycles. The molecule has 0 amide bonds. The highest BCUT2D eigenvalue weighted by atomic mass is 19.4. The maximum Gasteiger partial charge on any atom is 0.431 e. The molecule has 33 heavy (non-hydrogen) atoms. The molecule has 0 radical (unpaired) electrons. The highest BCUT2D eigenvalue weighted by Gasteiger charge is 2.47. The maximum atomic E-state index is 13.3. The highest BCUT2D eigenvalue weighted by Crippen LogP contribution is 2.36. The van der Waals surface area contributed by atoms with Crippen molar-refractivity contribution in [2.75, 3.05) is 23.0 Å². The Hall–Kier alpha value is -2.70. The second-order valence-electron chi connectivity index (χ2n) is 8.91. The van der Waals surface area contributed by atoms with E-state index in [0.29, 0.717) is 12.1 Å². The largest absolute Gasteiger partial charge is 0.490 e. The van der Waals surface area contributed by atoms with Crippen LogP contribution in [0.3, 0.4) is 0 Å². The van der Waals surface area contributed by atoms with Gasteiger partial charge in [-0.15, -0.1) is 0 Å². The Morgan fingerprint density at radius 1 is 1.00 bits per heavy atom. The summed E-state index contributed by atoms with van der Waals surface area (Å²) in [4.78, 5) is 2.40. The van der Waals surface area contributed by atoms with Crippen LogP contribution in [0.2, 0.25) is 0 Å². The molecule has 2 heterocycles. The Morgan fingerprint density at radius 2 is 1.70 bits per heavy atom. The van der Waals surface area contributed by atoms with Crippen molar-refractivity contribution < 1.29 is 17.9 Å². The van der Waals surface area contributed by atoms with E-state index in [0.717, 1.165) is 38.1 Å². The highest BCUT2D eigenvalue weighted by molar-refractivity contribution is 5.95. The van der Waals surface area contributed by atoms with E-state index >= 15 is 0 Å². The van der Waals surface area contributed by atoms with Crippen LogP contribution in [0, 0.1) is 5.92 Å². The van der Waals surface area contributed by atoms with Crippen LogP contribution in [0.1, 0.15) is 45.6 Å². The third-order valence-electron chi connectivity index (χ3n) is 6.78. The number of ether oxygens (including phenoxy) is 1. The van der Waals surface area contributed by atoms with Gasteiger partial charge in [0.2, 0.25) is 0 Å². The molecule has 0 spiro atoms. The topological polar surface area (TPSA) is 28.1 Å². The van der Waals surface area contributed by atoms with Gasteiger partial charge in [-0.05, 0) is 54.8 Å². The fourth-order valence-electron chi connectivity index (χ4n) is 4.84. The Morgan fingerprint density at radius 3 is 2.30 bits per heavy atom. The number of piperidine rings is 1. The first-order valence-electron chi connectivity index (χ1n) is 11.9. The third kappa shape index (κ3) is 5.12. The molecule has 1 unspecified atom stereocenters. The van der Waals surface area contributed by atoms with Crippen molar-refractivity contribution in [3.8, 4) is 5.75 Å². The van der Waals surface area contributed by atoms with Crippen LogP contribution in [0.4, 0.5) is 24.5 Å². The second-order valence-corrected chi connectivity index (χ2v) is 8.91. The van der Waals surface area contributed by atoms with E-state index in [4.69, 9.17) is 4.74 Å². The molecule has 7 heteroatoms. The zero-order chi connectivity index (χ0) is 23.6. The number of hydrogen-bond acceptors (Lipinski definition) is 4. The molecule has 4 nitrogen and oxygen atoms in total. The molecule has 2 atom stereocenters. The van der Waals surface area contributed by atoms with Gasteiger partial charge in [-0.3, -0.25) is 5.01 Å². The Balaban J connectivity index is 1.37. The number of nitrogens with zero attached hydrogens (tertiary/aromatic N) is 3. The predicted molar refractivity (Wildman–Crippen MR) is 127 cm³/mol. The number of rotatable bonds is 6. The number of aryl methyl sites for hydroxylation is 1. The average Bonchev–Trinajstić information content (AvgIpc) is 3.16. The van der Waals surface area contributed by atoms with E-state index in [2.05, 4.69) is 41.2 Å². The van der Waals surface area contributed by atoms with Crippen molar-refractivity contribution in [1.82, 2.24) is 0 Å². The van der Waals surface area contributed by atoms with Gasteiger partial charge in [0.25, 0.3) is 0 Å². The summed E-state index contributed by atoms with van der Waals surface area (Å²) in [6, 6.07) is 15.7. The summed E-state index contributed by atoms with van der Waals surface area (Å²) in [5, 5.41) is 5.45. The summed E-state index contributed by atoms with van der Waals surface area (Å²) in [5.41, 5.74) is 2.56. The maximum absolute atomic E-state index is 13.3. The van der Waals surface area contributed by atoms with Gasteiger partial charge < -0.3 is 9.64 Å². The lowest BCUT2D eigenvalue weighted by Gasteiger charge is -2.34. The van der Waals surface area contributed by atoms with Crippen LogP contribution in [0.15, 0.2) is 53.6 Å². The first-order valence-corrected chi connectivity index (χ1v) is 11.9. The summed E-state index contributed by atoms with van der Waals surface area (Å²) in [6.07, 6.45) is -0.801. The molecule has 1 fully saturated rings. The van der Waals surface area contributed by atoms with Crippen molar-refractivity contribution in [2.24, 2.45) is 11.0 Å². The lowest BCUT2D eigenvalue weighted by atomic mass is 9.95. The van der Waals surface area contributed by atoms with Gasteiger partial charge in [0.05, 0.1) is 11.7 Å². The molecular formula is C26H32F3N3O. The van der Waals surface area contributed by atoms with Crippen LogP contribution in [-0.2, 0) is 6.42 Å². The molecule has 178 valence electrons. The number of alkyl halides is 3. The minimum atomic E-state index is -4.41. The predicted octanol–water partition coefficient (Wildman–Crippen LogP) is 6.45. The van der Waals surface area contributed by atoms with E-state index in [1.807, 2.05) is 19.1 Å². The van der Waals surface area contributed by atoms with Crippen LogP contribution in [0.25, 0.3) is 0 Å². The van der Waals surface area contributed by atoms with Gasteiger partial charge >= 0.3 is 6.18 Å². The van der Waals surface area contributed by atoms with Crippen LogP contribution >= 0.6 is 0 Å². The molecule has 0 aliphatic carbocycles. The van der Waals surface area contributed by atoms with Crippen molar-refractivity contribution in [3.63, 3.8) is 0 Å². The van der Waals surface area contributed by atoms with Crippen LogP contribution < -0.4 is 14.6 Å². The summed E-state index contributed by atoms with van der Waals surface area (Å²) in [6.45, 7) is 7.54. The fourth-order valence-corrected chi connectivity index (χ4v) is 4.84. The average molecular weight is 460 g/mol. The van der Waals surface area contributed by atoms with E-state index in [9.17, 15) is 13.2 Å². The lowest BCUT2D eigenvalue weighted by Crippen LogP contribution is -2.38. The molecule has 0 N–H and O–H groups in total. The van der Waals surface area contributed by atoms with Gasteiger partial charge in [-0.25, -0.2) is 0 Å². The first kappa shape index (κ1) is 23.5. The van der Waals surface area contributed by atoms with Crippen LogP contribution in [-0.4, -0.2) is 37.1 Å². The van der Waals surface area contributed by atoms with Gasteiger partial charge in [0, 0.05) is 37.5 Å². The Kier molecular flexibility index (Phi) is 6.86. The molecule has 1 saturated heterocycles. The third-order valence-corrected chi connectivity index (χ3v) is 6.78. The van der Waals surface area contributed by atoms with Gasteiger partial charge in [-0.1, -0.05) is 32.9 Å². The summed E-state index contributed by atoms with van der Waals surface area (Å²) >= 11 is 0. The van der Waals surface area contributed by atoms with Gasteiger partial charge in [0.15, 0.2) is 0 Å². The van der Waals surface area contributed by atoms with Crippen molar-refractivity contribution in [2.45, 2.75) is 64.8 Å². The molecule has 0 bridgehead atoms. The molecular weight excluding hydrogens is 427 g/mol. The van der Waals surface area contributed by atoms with E-state index in [1.165, 1.54) is 16.3 Å². The van der Waals surface area contributed by atoms with E-state index < -0.39 is 17.8 Å². The van der Waals surface area contributed by atoms with E-state index in [-0.39, 0.29) is 12.1 Å². The van der Waals surface area contributed by atoms with Crippen LogP contribution in [0.5, 0.6) is 5.75 Å². The minimum absolute atomic E-state index is 0.131. The SMILES string of the molecule is CCc1cccc(N2CCC(Oc3ccc(N4N=C(C(F)(F)F)C(C)[C@@H]4CC)cc3)CC2)c1. The first-order chi connectivity index (χ1) is 15.8. The number of hydrazone groups is 1. The standard InChI is InChI=1S/C26H32F3N3O/c1-4-19-7-6-8-21(17-19)31-15-13-23(14-16-31)33-22-11-9-20(10-12-22)32-24(5-2)18(3)25(30-32)26(27,28)29/h6-12,17-18,23-24H,4-5,13-16H2,1-3H3/t18?,24-/m0/s1. The van der Waals surface area contributed by atoms with E-state index in [1.54, 1.807) is 19.1 Å². The number of benzene rings is 2. The molecule has 2 aliphatic rings. The second kappa shape index (κ2) is 9.65. The van der Waals surface area contributed by atoms with Crippen molar-refractivity contribution in [3.05, 3.63) is 54.1 Å². The minimum Gasteiger partial charge on any atom is -0.490 e. The Labute approximate surface area is 194 Å². The molecule has 4 rings (SSSR count). The summed E-state index contributed by atoms with van der Waals surface area (Å²) in [7, 11) is 0. The quantitative estimate of drug-likeness (QED) is 0.497. The summed E-state index contributed by atoms with van der Waals surface area (Å²) < 4.78 is 46.2. The van der Waals surface area contributed by atoms with Gasteiger partial charge in [-0.2, -0.15) is 18.3 Å². The smallest absolute Gasteiger partial charge is 0.431 e. The van der Waals surface area contributed by atoms with Crippen molar-refractivity contribution in [1.29, 1.82) is 0 Å². The zero-order valence-corrected chi connectivity index (χ0v) is 19.5. The zero-order valence-electron chi connectivity index (χ0n) is 19.5. The number of hydrogen-bond donors (Lipinski definition) is 0. The van der Waals surface area contributed by atoms with Gasteiger partial charge in [0.1, 0.15) is 17.6 Å². The normalized spacial score (nSPS) is 21.9. The monoisotopic (exact) mass is 459 g/mol. The summed E-state index contributed by atoms with van der Waals surface area (Å²) in [5.74, 6) is 0.0830. The number of halogens is 3. The van der Waals surface area contributed by atoms with Crippen molar-refractivity contribution >= 4 is 17.1 Å². The molecule has 0 aromatic heterocycles. The lowest BCUT2D eigenvalue weighted by molar-refractivity contribution is -0.0620.